The zero-order valence-electron chi connectivity index (χ0n) is 18.4. The number of nitrogens with one attached hydrogen (secondary N) is 1. The Morgan fingerprint density at radius 3 is 2.13 bits per heavy atom. The van der Waals surface area contributed by atoms with E-state index in [-0.39, 0.29) is 17.9 Å². The predicted octanol–water partition coefficient (Wildman–Crippen LogP) is 4.31. The minimum absolute atomic E-state index is 0.00810. The van der Waals surface area contributed by atoms with Gasteiger partial charge in [-0.3, -0.25) is 9.59 Å². The molecule has 1 unspecified atom stereocenters. The molecule has 1 saturated heterocycles. The fraction of sp³-hybridized carbons (Fsp3) is 0.440. The summed E-state index contributed by atoms with van der Waals surface area (Å²) in [5, 5.41) is 3.09. The van der Waals surface area contributed by atoms with Crippen LogP contribution < -0.4 is 10.1 Å². The summed E-state index contributed by atoms with van der Waals surface area (Å²) >= 11 is 0. The summed E-state index contributed by atoms with van der Waals surface area (Å²) < 4.78 is 5.86. The van der Waals surface area contributed by atoms with Gasteiger partial charge in [0.25, 0.3) is 11.8 Å². The third-order valence-electron chi connectivity index (χ3n) is 5.66. The summed E-state index contributed by atoms with van der Waals surface area (Å²) in [4.78, 5) is 27.0. The van der Waals surface area contributed by atoms with E-state index in [0.717, 1.165) is 18.4 Å². The van der Waals surface area contributed by atoms with Crippen molar-refractivity contribution in [3.8, 4) is 5.75 Å². The standard InChI is InChI=1S/C25H32N2O3/c1-17(2)20-9-11-23(12-10-20)30-19(4)25(29)27-15-13-22(14-16-27)26-24(28)21-7-5-18(3)6-8-21/h5-12,17,19,22H,13-16H2,1-4H3,(H,26,28). The summed E-state index contributed by atoms with van der Waals surface area (Å²) in [5.74, 6) is 1.11. The molecule has 0 spiro atoms. The summed E-state index contributed by atoms with van der Waals surface area (Å²) in [5.41, 5.74) is 3.05. The van der Waals surface area contributed by atoms with E-state index in [4.69, 9.17) is 4.74 Å². The molecule has 2 amide bonds. The van der Waals surface area contributed by atoms with Gasteiger partial charge in [-0.1, -0.05) is 43.7 Å². The zero-order valence-corrected chi connectivity index (χ0v) is 18.4. The Morgan fingerprint density at radius 1 is 0.967 bits per heavy atom. The lowest BCUT2D eigenvalue weighted by Gasteiger charge is -2.33. The fourth-order valence-electron chi connectivity index (χ4n) is 3.66. The highest BCUT2D eigenvalue weighted by atomic mass is 16.5. The Morgan fingerprint density at radius 2 is 1.57 bits per heavy atom. The smallest absolute Gasteiger partial charge is 0.263 e. The fourth-order valence-corrected chi connectivity index (χ4v) is 3.66. The van der Waals surface area contributed by atoms with Crippen LogP contribution in [-0.2, 0) is 4.79 Å². The highest BCUT2D eigenvalue weighted by Gasteiger charge is 2.27. The molecule has 1 N–H and O–H groups in total. The first-order valence-corrected chi connectivity index (χ1v) is 10.8. The number of nitrogens with zero attached hydrogens (tertiary/aromatic N) is 1. The highest BCUT2D eigenvalue weighted by molar-refractivity contribution is 5.94. The second kappa shape index (κ2) is 9.79. The molecule has 160 valence electrons. The van der Waals surface area contributed by atoms with Crippen molar-refractivity contribution in [1.82, 2.24) is 10.2 Å². The average Bonchev–Trinajstić information content (AvgIpc) is 2.74. The van der Waals surface area contributed by atoms with Crippen molar-refractivity contribution in [3.05, 3.63) is 65.2 Å². The molecule has 2 aromatic rings. The van der Waals surface area contributed by atoms with Crippen LogP contribution in [0.15, 0.2) is 48.5 Å². The van der Waals surface area contributed by atoms with Crippen molar-refractivity contribution in [1.29, 1.82) is 0 Å². The maximum atomic E-state index is 12.8. The number of likely N-dealkylation sites (tertiary alicyclic amines) is 1. The molecule has 3 rings (SSSR count). The van der Waals surface area contributed by atoms with E-state index >= 15 is 0 Å². The number of carbonyl (C=O) groups excluding carboxylic acids is 2. The van der Waals surface area contributed by atoms with Crippen molar-refractivity contribution in [3.63, 3.8) is 0 Å². The summed E-state index contributed by atoms with van der Waals surface area (Å²) in [6, 6.07) is 15.6. The normalized spacial score (nSPS) is 15.7. The van der Waals surface area contributed by atoms with Gasteiger partial charge in [0.15, 0.2) is 6.10 Å². The first-order chi connectivity index (χ1) is 14.3. The first kappa shape index (κ1) is 21.9. The van der Waals surface area contributed by atoms with Gasteiger partial charge in [-0.05, 0) is 62.4 Å². The van der Waals surface area contributed by atoms with Gasteiger partial charge in [-0.2, -0.15) is 0 Å². The summed E-state index contributed by atoms with van der Waals surface area (Å²) in [7, 11) is 0. The highest BCUT2D eigenvalue weighted by Crippen LogP contribution is 2.20. The molecular formula is C25H32N2O3. The van der Waals surface area contributed by atoms with Gasteiger partial charge < -0.3 is 15.0 Å². The molecule has 0 radical (unpaired) electrons. The second-order valence-corrected chi connectivity index (χ2v) is 8.42. The summed E-state index contributed by atoms with van der Waals surface area (Å²) in [6.07, 6.45) is 0.965. The van der Waals surface area contributed by atoms with Crippen molar-refractivity contribution in [2.75, 3.05) is 13.1 Å². The molecule has 1 aliphatic rings. The largest absolute Gasteiger partial charge is 0.481 e. The van der Waals surface area contributed by atoms with Gasteiger partial charge in [0.05, 0.1) is 0 Å². The van der Waals surface area contributed by atoms with Crippen LogP contribution >= 0.6 is 0 Å². The molecule has 30 heavy (non-hydrogen) atoms. The molecular weight excluding hydrogens is 376 g/mol. The van der Waals surface area contributed by atoms with Gasteiger partial charge in [-0.15, -0.1) is 0 Å². The van der Waals surface area contributed by atoms with Crippen LogP contribution in [0.25, 0.3) is 0 Å². The second-order valence-electron chi connectivity index (χ2n) is 8.42. The van der Waals surface area contributed by atoms with Gasteiger partial charge in [-0.25, -0.2) is 0 Å². The first-order valence-electron chi connectivity index (χ1n) is 10.8. The Hall–Kier alpha value is -2.82. The molecule has 1 aliphatic heterocycles. The van der Waals surface area contributed by atoms with E-state index in [1.807, 2.05) is 60.4 Å². The number of rotatable bonds is 6. The zero-order chi connectivity index (χ0) is 21.7. The molecule has 1 atom stereocenters. The minimum atomic E-state index is -0.534. The molecule has 0 aliphatic carbocycles. The minimum Gasteiger partial charge on any atom is -0.481 e. The Kier molecular flexibility index (Phi) is 7.14. The lowest BCUT2D eigenvalue weighted by Crippen LogP contribution is -2.49. The molecule has 0 bridgehead atoms. The SMILES string of the molecule is Cc1ccc(C(=O)NC2CCN(C(=O)C(C)Oc3ccc(C(C)C)cc3)CC2)cc1. The maximum Gasteiger partial charge on any atom is 0.263 e. The average molecular weight is 409 g/mol. The van der Waals surface area contributed by atoms with Gasteiger partial charge in [0.2, 0.25) is 0 Å². The molecule has 2 aromatic carbocycles. The lowest BCUT2D eigenvalue weighted by atomic mass is 10.0. The molecule has 5 heteroatoms. The Balaban J connectivity index is 1.47. The number of carbonyl (C=O) groups is 2. The number of aryl methyl sites for hydroxylation is 1. The van der Waals surface area contributed by atoms with Crippen molar-refractivity contribution >= 4 is 11.8 Å². The summed E-state index contributed by atoms with van der Waals surface area (Å²) in [6.45, 7) is 9.34. The van der Waals surface area contributed by atoms with E-state index in [2.05, 4.69) is 19.2 Å². The molecule has 1 heterocycles. The van der Waals surface area contributed by atoms with Crippen molar-refractivity contribution in [2.24, 2.45) is 0 Å². The van der Waals surface area contributed by atoms with Gasteiger partial charge >= 0.3 is 0 Å². The van der Waals surface area contributed by atoms with Crippen LogP contribution in [0.3, 0.4) is 0 Å². The molecule has 0 aromatic heterocycles. The van der Waals surface area contributed by atoms with Gasteiger partial charge in [0, 0.05) is 24.7 Å². The predicted molar refractivity (Wildman–Crippen MR) is 119 cm³/mol. The van der Waals surface area contributed by atoms with Crippen LogP contribution in [0.2, 0.25) is 0 Å². The van der Waals surface area contributed by atoms with E-state index in [9.17, 15) is 9.59 Å². The van der Waals surface area contributed by atoms with Crippen LogP contribution in [0.4, 0.5) is 0 Å². The lowest BCUT2D eigenvalue weighted by molar-refractivity contribution is -0.139. The molecule has 1 fully saturated rings. The van der Waals surface area contributed by atoms with Gasteiger partial charge in [0.1, 0.15) is 5.75 Å². The Labute approximate surface area is 179 Å². The quantitative estimate of drug-likeness (QED) is 0.775. The number of hydrogen-bond acceptors (Lipinski definition) is 3. The van der Waals surface area contributed by atoms with Crippen molar-refractivity contribution in [2.45, 2.75) is 58.6 Å². The van der Waals surface area contributed by atoms with Crippen molar-refractivity contribution < 1.29 is 14.3 Å². The van der Waals surface area contributed by atoms with E-state index in [1.54, 1.807) is 6.92 Å². The Bertz CT molecular complexity index is 851. The van der Waals surface area contributed by atoms with E-state index in [0.29, 0.717) is 30.3 Å². The number of amides is 2. The van der Waals surface area contributed by atoms with Crippen LogP contribution in [0.5, 0.6) is 5.75 Å². The number of benzene rings is 2. The number of ether oxygens (including phenoxy) is 1. The topological polar surface area (TPSA) is 58.6 Å². The number of piperidine rings is 1. The third kappa shape index (κ3) is 5.62. The van der Waals surface area contributed by atoms with E-state index in [1.165, 1.54) is 5.56 Å². The van der Waals surface area contributed by atoms with Crippen LogP contribution in [-0.4, -0.2) is 41.9 Å². The third-order valence-corrected chi connectivity index (χ3v) is 5.66. The maximum absolute atomic E-state index is 12.8. The number of hydrogen-bond donors (Lipinski definition) is 1. The van der Waals surface area contributed by atoms with Crippen LogP contribution in [0, 0.1) is 6.92 Å². The molecule has 5 nitrogen and oxygen atoms in total. The van der Waals surface area contributed by atoms with Crippen LogP contribution in [0.1, 0.15) is 61.0 Å². The monoisotopic (exact) mass is 408 g/mol. The van der Waals surface area contributed by atoms with E-state index < -0.39 is 6.10 Å². The molecule has 0 saturated carbocycles.